The lowest BCUT2D eigenvalue weighted by Gasteiger charge is -2.11. The lowest BCUT2D eigenvalue weighted by Crippen LogP contribution is -2.33. The Morgan fingerprint density at radius 2 is 2.05 bits per heavy atom. The van der Waals surface area contributed by atoms with Gasteiger partial charge in [-0.2, -0.15) is 0 Å². The number of hydrogen-bond acceptors (Lipinski definition) is 4. The molecule has 1 aliphatic heterocycles. The SMILES string of the molecule is C=CCN1C(=O)SC(CC(=O)Nc2ccc(C)cc2)C1=O. The third-order valence-electron chi connectivity index (χ3n) is 3.02. The summed E-state index contributed by atoms with van der Waals surface area (Å²) >= 11 is 0.892. The van der Waals surface area contributed by atoms with Crippen LogP contribution in [0.1, 0.15) is 12.0 Å². The normalized spacial score (nSPS) is 18.0. The van der Waals surface area contributed by atoms with Crippen LogP contribution < -0.4 is 5.32 Å². The van der Waals surface area contributed by atoms with Crippen molar-refractivity contribution in [3.8, 4) is 0 Å². The minimum Gasteiger partial charge on any atom is -0.326 e. The van der Waals surface area contributed by atoms with Crippen molar-refractivity contribution in [2.24, 2.45) is 0 Å². The summed E-state index contributed by atoms with van der Waals surface area (Å²) < 4.78 is 0. The molecule has 0 saturated carbocycles. The van der Waals surface area contributed by atoms with Crippen LogP contribution in [0.15, 0.2) is 36.9 Å². The zero-order chi connectivity index (χ0) is 15.4. The van der Waals surface area contributed by atoms with Crippen LogP contribution in [-0.4, -0.2) is 33.7 Å². The predicted molar refractivity (Wildman–Crippen MR) is 83.1 cm³/mol. The van der Waals surface area contributed by atoms with E-state index in [0.717, 1.165) is 22.2 Å². The molecule has 2 rings (SSSR count). The van der Waals surface area contributed by atoms with Crippen molar-refractivity contribution in [3.63, 3.8) is 0 Å². The van der Waals surface area contributed by atoms with E-state index in [1.165, 1.54) is 6.08 Å². The molecule has 0 aromatic heterocycles. The van der Waals surface area contributed by atoms with Crippen LogP contribution in [0.4, 0.5) is 10.5 Å². The third kappa shape index (κ3) is 3.72. The fourth-order valence-electron chi connectivity index (χ4n) is 1.94. The molecule has 1 N–H and O–H groups in total. The molecule has 1 heterocycles. The zero-order valence-corrected chi connectivity index (χ0v) is 12.5. The molecule has 0 aliphatic carbocycles. The first-order valence-electron chi connectivity index (χ1n) is 6.50. The number of imide groups is 1. The van der Waals surface area contributed by atoms with Gasteiger partial charge in [0.2, 0.25) is 11.8 Å². The van der Waals surface area contributed by atoms with Gasteiger partial charge in [0, 0.05) is 18.7 Å². The van der Waals surface area contributed by atoms with Crippen LogP contribution in [0.25, 0.3) is 0 Å². The number of carbonyl (C=O) groups is 3. The molecule has 21 heavy (non-hydrogen) atoms. The van der Waals surface area contributed by atoms with Gasteiger partial charge in [0.25, 0.3) is 5.24 Å². The van der Waals surface area contributed by atoms with Gasteiger partial charge in [0.1, 0.15) is 5.25 Å². The minimum atomic E-state index is -0.650. The Morgan fingerprint density at radius 1 is 1.38 bits per heavy atom. The number of hydrogen-bond donors (Lipinski definition) is 1. The summed E-state index contributed by atoms with van der Waals surface area (Å²) in [6.45, 7) is 5.65. The van der Waals surface area contributed by atoms with Gasteiger partial charge < -0.3 is 5.32 Å². The molecule has 0 spiro atoms. The van der Waals surface area contributed by atoms with Crippen molar-refractivity contribution in [1.29, 1.82) is 0 Å². The number of aryl methyl sites for hydroxylation is 1. The molecule has 1 atom stereocenters. The maximum Gasteiger partial charge on any atom is 0.289 e. The number of nitrogens with zero attached hydrogens (tertiary/aromatic N) is 1. The van der Waals surface area contributed by atoms with E-state index in [2.05, 4.69) is 11.9 Å². The highest BCUT2D eigenvalue weighted by molar-refractivity contribution is 8.15. The zero-order valence-electron chi connectivity index (χ0n) is 11.7. The fraction of sp³-hybridized carbons (Fsp3) is 0.267. The molecule has 0 radical (unpaired) electrons. The van der Waals surface area contributed by atoms with E-state index in [0.29, 0.717) is 5.69 Å². The average molecular weight is 304 g/mol. The van der Waals surface area contributed by atoms with Gasteiger partial charge in [-0.25, -0.2) is 0 Å². The Labute approximate surface area is 127 Å². The Bertz CT molecular complexity index is 583. The van der Waals surface area contributed by atoms with E-state index in [4.69, 9.17) is 0 Å². The number of thioether (sulfide) groups is 1. The van der Waals surface area contributed by atoms with Gasteiger partial charge in [0.15, 0.2) is 0 Å². The largest absolute Gasteiger partial charge is 0.326 e. The van der Waals surface area contributed by atoms with Crippen molar-refractivity contribution in [2.75, 3.05) is 11.9 Å². The van der Waals surface area contributed by atoms with Crippen molar-refractivity contribution in [2.45, 2.75) is 18.6 Å². The van der Waals surface area contributed by atoms with Crippen LogP contribution in [0.5, 0.6) is 0 Å². The maximum atomic E-state index is 12.0. The number of amides is 3. The second-order valence-corrected chi connectivity index (χ2v) is 5.88. The van der Waals surface area contributed by atoms with Gasteiger partial charge >= 0.3 is 0 Å². The molecule has 1 unspecified atom stereocenters. The molecule has 3 amide bonds. The highest BCUT2D eigenvalue weighted by Crippen LogP contribution is 2.29. The second-order valence-electron chi connectivity index (χ2n) is 4.73. The molecule has 0 bridgehead atoms. The molecule has 1 aromatic carbocycles. The fourth-order valence-corrected chi connectivity index (χ4v) is 2.94. The van der Waals surface area contributed by atoms with Crippen LogP contribution in [0, 0.1) is 6.92 Å². The lowest BCUT2D eigenvalue weighted by molar-refractivity contribution is -0.128. The highest BCUT2D eigenvalue weighted by atomic mass is 32.2. The van der Waals surface area contributed by atoms with Crippen LogP contribution in [-0.2, 0) is 9.59 Å². The molecule has 6 heteroatoms. The summed E-state index contributed by atoms with van der Waals surface area (Å²) in [6, 6.07) is 7.37. The Hall–Kier alpha value is -2.08. The molecule has 1 saturated heterocycles. The van der Waals surface area contributed by atoms with E-state index in [-0.39, 0.29) is 30.0 Å². The molecule has 1 aliphatic rings. The van der Waals surface area contributed by atoms with Crippen molar-refractivity contribution in [1.82, 2.24) is 4.90 Å². The van der Waals surface area contributed by atoms with Crippen molar-refractivity contribution >= 4 is 34.5 Å². The first-order chi connectivity index (χ1) is 10.0. The summed E-state index contributed by atoms with van der Waals surface area (Å²) in [4.78, 5) is 36.7. The number of benzene rings is 1. The summed E-state index contributed by atoms with van der Waals surface area (Å²) in [7, 11) is 0. The second kappa shape index (κ2) is 6.58. The van der Waals surface area contributed by atoms with Gasteiger partial charge in [0.05, 0.1) is 0 Å². The Balaban J connectivity index is 1.94. The highest BCUT2D eigenvalue weighted by Gasteiger charge is 2.39. The minimum absolute atomic E-state index is 0.0171. The van der Waals surface area contributed by atoms with Crippen molar-refractivity contribution < 1.29 is 14.4 Å². The standard InChI is InChI=1S/C15H16N2O3S/c1-3-8-17-14(19)12(21-15(17)20)9-13(18)16-11-6-4-10(2)5-7-11/h3-7,12H,1,8-9H2,2H3,(H,16,18). The van der Waals surface area contributed by atoms with E-state index < -0.39 is 5.25 Å². The smallest absolute Gasteiger partial charge is 0.289 e. The number of carbonyl (C=O) groups excluding carboxylic acids is 3. The van der Waals surface area contributed by atoms with E-state index in [9.17, 15) is 14.4 Å². The monoisotopic (exact) mass is 304 g/mol. The Kier molecular flexibility index (Phi) is 4.80. The van der Waals surface area contributed by atoms with Crippen molar-refractivity contribution in [3.05, 3.63) is 42.5 Å². The molecular formula is C15H16N2O3S. The summed E-state index contributed by atoms with van der Waals surface area (Å²) in [5, 5.41) is 1.75. The third-order valence-corrected chi connectivity index (χ3v) is 4.10. The number of nitrogens with one attached hydrogen (secondary N) is 1. The first kappa shape index (κ1) is 15.3. The average Bonchev–Trinajstić information content (AvgIpc) is 2.69. The topological polar surface area (TPSA) is 66.5 Å². The quantitative estimate of drug-likeness (QED) is 0.849. The van der Waals surface area contributed by atoms with Gasteiger partial charge in [-0.05, 0) is 19.1 Å². The predicted octanol–water partition coefficient (Wildman–Crippen LogP) is 2.57. The number of rotatable bonds is 5. The summed E-state index contributed by atoms with van der Waals surface area (Å²) in [6.07, 6.45) is 1.47. The first-order valence-corrected chi connectivity index (χ1v) is 7.38. The van der Waals surface area contributed by atoms with E-state index >= 15 is 0 Å². The number of anilines is 1. The van der Waals surface area contributed by atoms with Gasteiger partial charge in [-0.15, -0.1) is 6.58 Å². The molecule has 5 nitrogen and oxygen atoms in total. The van der Waals surface area contributed by atoms with E-state index in [1.807, 2.05) is 19.1 Å². The van der Waals surface area contributed by atoms with E-state index in [1.54, 1.807) is 12.1 Å². The molecule has 1 fully saturated rings. The Morgan fingerprint density at radius 3 is 2.67 bits per heavy atom. The molecule has 110 valence electrons. The molecule has 1 aromatic rings. The molecular weight excluding hydrogens is 288 g/mol. The summed E-state index contributed by atoms with van der Waals surface area (Å²) in [5.74, 6) is -0.609. The maximum absolute atomic E-state index is 12.0. The van der Waals surface area contributed by atoms with Crippen LogP contribution in [0.3, 0.4) is 0 Å². The van der Waals surface area contributed by atoms with Crippen LogP contribution >= 0.6 is 11.8 Å². The van der Waals surface area contributed by atoms with Crippen LogP contribution in [0.2, 0.25) is 0 Å². The van der Waals surface area contributed by atoms with Gasteiger partial charge in [-0.3, -0.25) is 19.3 Å². The summed E-state index contributed by atoms with van der Waals surface area (Å²) in [5.41, 5.74) is 1.77. The van der Waals surface area contributed by atoms with Gasteiger partial charge in [-0.1, -0.05) is 35.5 Å². The lowest BCUT2D eigenvalue weighted by atomic mass is 10.2.